The number of ether oxygens (including phenoxy) is 1. The summed E-state index contributed by atoms with van der Waals surface area (Å²) in [6.45, 7) is 1.93. The monoisotopic (exact) mass is 156 g/mol. The van der Waals surface area contributed by atoms with Gasteiger partial charge in [0.15, 0.2) is 0 Å². The summed E-state index contributed by atoms with van der Waals surface area (Å²) in [6, 6.07) is 0. The van der Waals surface area contributed by atoms with E-state index in [1.165, 1.54) is 0 Å². The van der Waals surface area contributed by atoms with E-state index in [1.54, 1.807) is 0 Å². The lowest BCUT2D eigenvalue weighted by molar-refractivity contribution is -0.161. The maximum atomic E-state index is 11.0. The third-order valence-corrected chi connectivity index (χ3v) is 1.97. The van der Waals surface area contributed by atoms with Crippen LogP contribution in [0, 0.1) is 5.92 Å². The van der Waals surface area contributed by atoms with E-state index in [0.29, 0.717) is 6.42 Å². The molecule has 1 aliphatic heterocycles. The molecule has 1 heterocycles. The third-order valence-electron chi connectivity index (χ3n) is 1.97. The molecule has 0 saturated carbocycles. The minimum atomic E-state index is -0.369. The van der Waals surface area contributed by atoms with Crippen LogP contribution in [-0.4, -0.2) is 11.9 Å². The van der Waals surface area contributed by atoms with Crippen LogP contribution < -0.4 is 0 Å². The molecule has 0 amide bonds. The van der Waals surface area contributed by atoms with Crippen molar-refractivity contribution >= 4 is 11.9 Å². The molecule has 1 aliphatic rings. The molecule has 11 heavy (non-hydrogen) atoms. The predicted octanol–water partition coefficient (Wildman–Crippen LogP) is 1.27. The molecule has 1 rings (SSSR count). The molecule has 0 spiro atoms. The molecule has 0 aromatic carbocycles. The van der Waals surface area contributed by atoms with Gasteiger partial charge in [0.25, 0.3) is 0 Å². The van der Waals surface area contributed by atoms with E-state index in [4.69, 9.17) is 0 Å². The van der Waals surface area contributed by atoms with Crippen LogP contribution in [0.3, 0.4) is 0 Å². The lowest BCUT2D eigenvalue weighted by atomic mass is 10.0. The molecule has 0 N–H and O–H groups in total. The Labute approximate surface area is 65.7 Å². The topological polar surface area (TPSA) is 43.4 Å². The van der Waals surface area contributed by atoms with E-state index < -0.39 is 0 Å². The molecule has 3 nitrogen and oxygen atoms in total. The lowest BCUT2D eigenvalue weighted by Crippen LogP contribution is -2.16. The van der Waals surface area contributed by atoms with Gasteiger partial charge in [-0.1, -0.05) is 6.92 Å². The van der Waals surface area contributed by atoms with E-state index in [-0.39, 0.29) is 17.9 Å². The summed E-state index contributed by atoms with van der Waals surface area (Å²) >= 11 is 0. The van der Waals surface area contributed by atoms with E-state index in [2.05, 4.69) is 4.74 Å². The van der Waals surface area contributed by atoms with Crippen LogP contribution in [0.4, 0.5) is 0 Å². The van der Waals surface area contributed by atoms with Crippen molar-refractivity contribution in [3.63, 3.8) is 0 Å². The van der Waals surface area contributed by atoms with Crippen LogP contribution in [0.5, 0.6) is 0 Å². The van der Waals surface area contributed by atoms with Crippen LogP contribution in [0.1, 0.15) is 32.6 Å². The van der Waals surface area contributed by atoms with Crippen LogP contribution in [-0.2, 0) is 14.3 Å². The van der Waals surface area contributed by atoms with Gasteiger partial charge in [-0.25, -0.2) is 0 Å². The Bertz CT molecular complexity index is 174. The number of cyclic esters (lactones) is 2. The predicted molar refractivity (Wildman–Crippen MR) is 38.7 cm³/mol. The van der Waals surface area contributed by atoms with Gasteiger partial charge < -0.3 is 4.74 Å². The first-order chi connectivity index (χ1) is 5.24. The Kier molecular flexibility index (Phi) is 2.63. The van der Waals surface area contributed by atoms with Gasteiger partial charge in [0.1, 0.15) is 0 Å². The van der Waals surface area contributed by atoms with Gasteiger partial charge in [0, 0.05) is 6.42 Å². The van der Waals surface area contributed by atoms with Gasteiger partial charge in [0.2, 0.25) is 0 Å². The van der Waals surface area contributed by atoms with Crippen molar-refractivity contribution in [2.24, 2.45) is 5.92 Å². The minimum absolute atomic E-state index is 0.0542. The minimum Gasteiger partial charge on any atom is -0.393 e. The van der Waals surface area contributed by atoms with Gasteiger partial charge in [-0.3, -0.25) is 9.59 Å². The Morgan fingerprint density at radius 1 is 1.55 bits per heavy atom. The fraction of sp³-hybridized carbons (Fsp3) is 0.750. The van der Waals surface area contributed by atoms with Crippen molar-refractivity contribution in [2.75, 3.05) is 0 Å². The fourth-order valence-corrected chi connectivity index (χ4v) is 1.23. The summed E-state index contributed by atoms with van der Waals surface area (Å²) in [4.78, 5) is 21.7. The number of carbonyl (C=O) groups excluding carboxylic acids is 2. The number of hydrogen-bond acceptors (Lipinski definition) is 3. The van der Waals surface area contributed by atoms with Crippen molar-refractivity contribution in [1.29, 1.82) is 0 Å². The molecule has 1 fully saturated rings. The summed E-state index contributed by atoms with van der Waals surface area (Å²) in [5.41, 5.74) is 0. The standard InChI is InChI=1S/C8H12O3/c1-2-6-4-3-5-7(9)11-8(6)10/h6H,2-5H2,1H3. The van der Waals surface area contributed by atoms with E-state index in [0.717, 1.165) is 19.3 Å². The second kappa shape index (κ2) is 3.51. The molecule has 0 aliphatic carbocycles. The second-order valence-corrected chi connectivity index (χ2v) is 2.79. The average Bonchev–Trinajstić information content (AvgIpc) is 2.11. The van der Waals surface area contributed by atoms with Gasteiger partial charge in [-0.05, 0) is 19.3 Å². The molecular formula is C8H12O3. The quantitative estimate of drug-likeness (QED) is 0.424. The van der Waals surface area contributed by atoms with Gasteiger partial charge in [0.05, 0.1) is 5.92 Å². The maximum absolute atomic E-state index is 11.0. The zero-order valence-corrected chi connectivity index (χ0v) is 6.63. The van der Waals surface area contributed by atoms with Crippen molar-refractivity contribution in [2.45, 2.75) is 32.6 Å². The first-order valence-corrected chi connectivity index (χ1v) is 3.98. The number of hydrogen-bond donors (Lipinski definition) is 0. The molecule has 1 unspecified atom stereocenters. The molecular weight excluding hydrogens is 144 g/mol. The van der Waals surface area contributed by atoms with Gasteiger partial charge in [-0.2, -0.15) is 0 Å². The van der Waals surface area contributed by atoms with E-state index >= 15 is 0 Å². The Balaban J connectivity index is 2.57. The molecule has 62 valence electrons. The van der Waals surface area contributed by atoms with Gasteiger partial charge in [-0.15, -0.1) is 0 Å². The van der Waals surface area contributed by atoms with E-state index in [9.17, 15) is 9.59 Å². The Morgan fingerprint density at radius 3 is 2.91 bits per heavy atom. The molecule has 1 saturated heterocycles. The average molecular weight is 156 g/mol. The summed E-state index contributed by atoms with van der Waals surface area (Å²) in [6.07, 6.45) is 2.73. The molecule has 0 aromatic heterocycles. The second-order valence-electron chi connectivity index (χ2n) is 2.79. The smallest absolute Gasteiger partial charge is 0.316 e. The highest BCUT2D eigenvalue weighted by Crippen LogP contribution is 2.18. The van der Waals surface area contributed by atoms with Crippen LogP contribution in [0.25, 0.3) is 0 Å². The van der Waals surface area contributed by atoms with Crippen molar-refractivity contribution in [3.8, 4) is 0 Å². The summed E-state index contributed by atoms with van der Waals surface area (Å²) < 4.78 is 4.54. The Hall–Kier alpha value is -0.860. The largest absolute Gasteiger partial charge is 0.393 e. The normalized spacial score (nSPS) is 26.1. The van der Waals surface area contributed by atoms with Crippen molar-refractivity contribution in [1.82, 2.24) is 0 Å². The van der Waals surface area contributed by atoms with E-state index in [1.807, 2.05) is 6.92 Å². The highest BCUT2D eigenvalue weighted by Gasteiger charge is 2.24. The third kappa shape index (κ3) is 2.03. The molecule has 3 heteroatoms. The Morgan fingerprint density at radius 2 is 2.27 bits per heavy atom. The van der Waals surface area contributed by atoms with Crippen LogP contribution in [0.2, 0.25) is 0 Å². The first kappa shape index (κ1) is 8.24. The highest BCUT2D eigenvalue weighted by atomic mass is 16.6. The summed E-state index contributed by atoms with van der Waals surface area (Å²) in [7, 11) is 0. The zero-order valence-electron chi connectivity index (χ0n) is 6.63. The van der Waals surface area contributed by atoms with Crippen molar-refractivity contribution < 1.29 is 14.3 Å². The summed E-state index contributed by atoms with van der Waals surface area (Å²) in [5, 5.41) is 0. The van der Waals surface area contributed by atoms with Gasteiger partial charge >= 0.3 is 11.9 Å². The number of rotatable bonds is 1. The van der Waals surface area contributed by atoms with Crippen molar-refractivity contribution in [3.05, 3.63) is 0 Å². The molecule has 0 aromatic rings. The van der Waals surface area contributed by atoms with Crippen LogP contribution >= 0.6 is 0 Å². The number of carbonyl (C=O) groups is 2. The maximum Gasteiger partial charge on any atom is 0.316 e. The summed E-state index contributed by atoms with van der Waals surface area (Å²) in [5.74, 6) is -0.762. The van der Waals surface area contributed by atoms with Crippen LogP contribution in [0.15, 0.2) is 0 Å². The molecule has 0 bridgehead atoms. The lowest BCUT2D eigenvalue weighted by Gasteiger charge is -2.06. The highest BCUT2D eigenvalue weighted by molar-refractivity contribution is 5.87. The molecule has 0 radical (unpaired) electrons. The first-order valence-electron chi connectivity index (χ1n) is 3.98. The SMILES string of the molecule is CCC1CCCC(=O)OC1=O. The fourth-order valence-electron chi connectivity index (χ4n) is 1.23. The zero-order chi connectivity index (χ0) is 8.27. The number of esters is 2. The molecule has 1 atom stereocenters.